The highest BCUT2D eigenvalue weighted by Gasteiger charge is 2.20. The molecule has 4 rings (SSSR count). The topological polar surface area (TPSA) is 69.0 Å². The van der Waals surface area contributed by atoms with E-state index in [0.717, 1.165) is 28.0 Å². The number of thiophene rings is 1. The van der Waals surface area contributed by atoms with Crippen molar-refractivity contribution >= 4 is 28.3 Å². The van der Waals surface area contributed by atoms with E-state index in [1.807, 2.05) is 61.2 Å². The minimum atomic E-state index is -0.211. The van der Waals surface area contributed by atoms with E-state index in [9.17, 15) is 4.79 Å². The second-order valence-corrected chi connectivity index (χ2v) is 8.40. The Bertz CT molecular complexity index is 1200. The molecule has 0 fully saturated rings. The van der Waals surface area contributed by atoms with Crippen LogP contribution in [0.4, 0.5) is 0 Å². The normalized spacial score (nSPS) is 12.1. The highest BCUT2D eigenvalue weighted by atomic mass is 32.1. The minimum Gasteiger partial charge on any atom is -0.496 e. The molecule has 3 heterocycles. The Balaban J connectivity index is 1.65. The molecule has 0 aliphatic carbocycles. The van der Waals surface area contributed by atoms with E-state index in [4.69, 9.17) is 4.74 Å². The molecule has 0 saturated carbocycles. The standard InChI is InChI=1S/C23H24N4O2S/c1-14-7-8-21(29-4)18(10-14)16(3)26-23(28)19-11-15(2)25-22-20(19)12-24-27(22)13-17-6-5-9-30-17/h5-12,16H,13H2,1-4H3,(H,26,28)/t16-/m0/s1. The lowest BCUT2D eigenvalue weighted by Gasteiger charge is -2.18. The molecule has 1 amide bonds. The Hall–Kier alpha value is -3.19. The third-order valence-electron chi connectivity index (χ3n) is 5.07. The number of amides is 1. The molecule has 0 aliphatic heterocycles. The van der Waals surface area contributed by atoms with E-state index in [2.05, 4.69) is 21.5 Å². The van der Waals surface area contributed by atoms with Gasteiger partial charge in [-0.15, -0.1) is 11.3 Å². The predicted octanol–water partition coefficient (Wildman–Crippen LogP) is 4.66. The van der Waals surface area contributed by atoms with Crippen molar-refractivity contribution in [3.63, 3.8) is 0 Å². The van der Waals surface area contributed by atoms with Crippen LogP contribution in [0.3, 0.4) is 0 Å². The van der Waals surface area contributed by atoms with Gasteiger partial charge in [0.25, 0.3) is 5.91 Å². The SMILES string of the molecule is COc1ccc(C)cc1[C@H](C)NC(=O)c1cc(C)nc2c1cnn2Cc1cccs1. The maximum atomic E-state index is 13.2. The molecule has 1 atom stereocenters. The first-order chi connectivity index (χ1) is 14.5. The summed E-state index contributed by atoms with van der Waals surface area (Å²) in [6.07, 6.45) is 1.72. The van der Waals surface area contributed by atoms with Gasteiger partial charge in [0.15, 0.2) is 5.65 Å². The number of carbonyl (C=O) groups excluding carboxylic acids is 1. The van der Waals surface area contributed by atoms with Crippen molar-refractivity contribution in [3.8, 4) is 5.75 Å². The van der Waals surface area contributed by atoms with Gasteiger partial charge in [-0.3, -0.25) is 4.79 Å². The summed E-state index contributed by atoms with van der Waals surface area (Å²) in [5.74, 6) is 0.602. The molecule has 1 aromatic carbocycles. The van der Waals surface area contributed by atoms with Crippen molar-refractivity contribution in [2.45, 2.75) is 33.4 Å². The lowest BCUT2D eigenvalue weighted by Crippen LogP contribution is -2.27. The van der Waals surface area contributed by atoms with E-state index >= 15 is 0 Å². The molecule has 0 saturated heterocycles. The van der Waals surface area contributed by atoms with Crippen LogP contribution in [0.5, 0.6) is 5.75 Å². The van der Waals surface area contributed by atoms with Gasteiger partial charge in [0, 0.05) is 16.1 Å². The van der Waals surface area contributed by atoms with E-state index in [1.54, 1.807) is 24.6 Å². The Morgan fingerprint density at radius 1 is 1.27 bits per heavy atom. The first-order valence-electron chi connectivity index (χ1n) is 9.77. The number of hydrogen-bond acceptors (Lipinski definition) is 5. The summed E-state index contributed by atoms with van der Waals surface area (Å²) in [6.45, 7) is 6.51. The number of aromatic nitrogens is 3. The molecule has 0 unspecified atom stereocenters. The van der Waals surface area contributed by atoms with Crippen molar-refractivity contribution in [1.29, 1.82) is 0 Å². The van der Waals surface area contributed by atoms with Crippen LogP contribution in [0.1, 0.15) is 45.0 Å². The van der Waals surface area contributed by atoms with Gasteiger partial charge in [0.2, 0.25) is 0 Å². The summed E-state index contributed by atoms with van der Waals surface area (Å²) >= 11 is 1.68. The molecule has 7 heteroatoms. The Labute approximate surface area is 179 Å². The number of methoxy groups -OCH3 is 1. The molecule has 30 heavy (non-hydrogen) atoms. The second-order valence-electron chi connectivity index (χ2n) is 7.37. The molecule has 0 aliphatic rings. The zero-order valence-electron chi connectivity index (χ0n) is 17.5. The second kappa shape index (κ2) is 8.28. The largest absolute Gasteiger partial charge is 0.496 e. The molecule has 1 N–H and O–H groups in total. The average molecular weight is 421 g/mol. The van der Waals surface area contributed by atoms with Gasteiger partial charge < -0.3 is 10.1 Å². The predicted molar refractivity (Wildman–Crippen MR) is 119 cm³/mol. The summed E-state index contributed by atoms with van der Waals surface area (Å²) in [4.78, 5) is 19.0. The summed E-state index contributed by atoms with van der Waals surface area (Å²) in [5.41, 5.74) is 4.13. The first-order valence-corrected chi connectivity index (χ1v) is 10.6. The summed E-state index contributed by atoms with van der Waals surface area (Å²) in [5, 5.41) is 10.4. The van der Waals surface area contributed by atoms with E-state index in [1.165, 1.54) is 4.88 Å². The van der Waals surface area contributed by atoms with Crippen molar-refractivity contribution in [1.82, 2.24) is 20.1 Å². The molecule has 154 valence electrons. The number of carbonyl (C=O) groups is 1. The summed E-state index contributed by atoms with van der Waals surface area (Å²) in [6, 6.07) is 11.6. The van der Waals surface area contributed by atoms with Crippen molar-refractivity contribution in [3.05, 3.63) is 75.2 Å². The average Bonchev–Trinajstić information content (AvgIpc) is 3.38. The fraction of sp³-hybridized carbons (Fsp3) is 0.261. The third kappa shape index (κ3) is 3.93. The lowest BCUT2D eigenvalue weighted by atomic mass is 10.0. The van der Waals surface area contributed by atoms with Crippen LogP contribution in [0, 0.1) is 13.8 Å². The number of ether oxygens (including phenoxy) is 1. The van der Waals surface area contributed by atoms with Gasteiger partial charge in [-0.1, -0.05) is 23.8 Å². The number of hydrogen-bond donors (Lipinski definition) is 1. The lowest BCUT2D eigenvalue weighted by molar-refractivity contribution is 0.0941. The van der Waals surface area contributed by atoms with Crippen molar-refractivity contribution in [2.24, 2.45) is 0 Å². The number of benzene rings is 1. The van der Waals surface area contributed by atoms with Crippen LogP contribution >= 0.6 is 11.3 Å². The molecular weight excluding hydrogens is 396 g/mol. The van der Waals surface area contributed by atoms with Crippen LogP contribution in [0.15, 0.2) is 48.0 Å². The fourth-order valence-electron chi connectivity index (χ4n) is 3.57. The molecular formula is C23H24N4O2S. The Morgan fingerprint density at radius 2 is 2.10 bits per heavy atom. The maximum Gasteiger partial charge on any atom is 0.252 e. The first kappa shape index (κ1) is 20.1. The smallest absolute Gasteiger partial charge is 0.252 e. The molecule has 4 aromatic rings. The number of aryl methyl sites for hydroxylation is 2. The number of fused-ring (bicyclic) bond motifs is 1. The fourth-order valence-corrected chi connectivity index (χ4v) is 4.26. The maximum absolute atomic E-state index is 13.2. The monoisotopic (exact) mass is 420 g/mol. The van der Waals surface area contributed by atoms with Gasteiger partial charge in [-0.05, 0) is 44.4 Å². The zero-order chi connectivity index (χ0) is 21.3. The number of nitrogens with zero attached hydrogens (tertiary/aromatic N) is 3. The van der Waals surface area contributed by atoms with Crippen LogP contribution in [-0.2, 0) is 6.54 Å². The number of nitrogens with one attached hydrogen (secondary N) is 1. The van der Waals surface area contributed by atoms with E-state index in [-0.39, 0.29) is 11.9 Å². The Morgan fingerprint density at radius 3 is 2.83 bits per heavy atom. The molecule has 0 bridgehead atoms. The molecule has 3 aromatic heterocycles. The quantitative estimate of drug-likeness (QED) is 0.493. The number of rotatable bonds is 6. The van der Waals surface area contributed by atoms with Crippen LogP contribution in [-0.4, -0.2) is 27.8 Å². The molecule has 0 radical (unpaired) electrons. The highest BCUT2D eigenvalue weighted by Crippen LogP contribution is 2.27. The Kier molecular flexibility index (Phi) is 5.55. The zero-order valence-corrected chi connectivity index (χ0v) is 18.3. The van der Waals surface area contributed by atoms with Crippen molar-refractivity contribution < 1.29 is 9.53 Å². The van der Waals surface area contributed by atoms with Crippen LogP contribution < -0.4 is 10.1 Å². The number of pyridine rings is 1. The van der Waals surface area contributed by atoms with Gasteiger partial charge in [-0.2, -0.15) is 5.10 Å². The van der Waals surface area contributed by atoms with Gasteiger partial charge in [0.1, 0.15) is 5.75 Å². The third-order valence-corrected chi connectivity index (χ3v) is 5.93. The van der Waals surface area contributed by atoms with Gasteiger partial charge in [-0.25, -0.2) is 9.67 Å². The molecule has 6 nitrogen and oxygen atoms in total. The summed E-state index contributed by atoms with van der Waals surface area (Å²) < 4.78 is 7.32. The van der Waals surface area contributed by atoms with Crippen LogP contribution in [0.25, 0.3) is 11.0 Å². The van der Waals surface area contributed by atoms with Gasteiger partial charge in [0.05, 0.1) is 36.8 Å². The summed E-state index contributed by atoms with van der Waals surface area (Å²) in [7, 11) is 1.64. The molecule has 0 spiro atoms. The van der Waals surface area contributed by atoms with Crippen LogP contribution in [0.2, 0.25) is 0 Å². The van der Waals surface area contributed by atoms with Crippen molar-refractivity contribution in [2.75, 3.05) is 7.11 Å². The van der Waals surface area contributed by atoms with Gasteiger partial charge >= 0.3 is 0 Å². The highest BCUT2D eigenvalue weighted by molar-refractivity contribution is 7.09. The van der Waals surface area contributed by atoms with E-state index in [0.29, 0.717) is 17.8 Å². The minimum absolute atomic E-state index is 0.155. The van der Waals surface area contributed by atoms with E-state index < -0.39 is 0 Å².